The monoisotopic (exact) mass is 437 g/mol. The molecule has 166 valence electrons. The smallest absolute Gasteiger partial charge is 0.227 e. The van der Waals surface area contributed by atoms with Gasteiger partial charge in [0.2, 0.25) is 5.91 Å². The van der Waals surface area contributed by atoms with Gasteiger partial charge in [-0.1, -0.05) is 98.0 Å². The number of allylic oxidation sites excluding steroid dienone is 1. The van der Waals surface area contributed by atoms with Gasteiger partial charge in [0.15, 0.2) is 0 Å². The maximum atomic E-state index is 14.7. The fraction of sp³-hybridized carbons (Fsp3) is 0.233. The molecule has 1 amide bonds. The van der Waals surface area contributed by atoms with E-state index in [-0.39, 0.29) is 29.6 Å². The SMILES string of the molecule is CC1CC=CC2C1C(=O)N(Cc1ccccc1)C2c1ccc(F)c(/C=C/c2ccccc2)c1. The highest BCUT2D eigenvalue weighted by Crippen LogP contribution is 2.49. The van der Waals surface area contributed by atoms with Crippen molar-refractivity contribution < 1.29 is 9.18 Å². The molecule has 0 aromatic heterocycles. The topological polar surface area (TPSA) is 20.3 Å². The highest BCUT2D eigenvalue weighted by Gasteiger charge is 2.50. The Balaban J connectivity index is 1.53. The third kappa shape index (κ3) is 4.28. The molecule has 4 atom stereocenters. The molecule has 3 aromatic carbocycles. The summed E-state index contributed by atoms with van der Waals surface area (Å²) in [4.78, 5) is 15.6. The molecule has 3 heteroatoms. The lowest BCUT2D eigenvalue weighted by Crippen LogP contribution is -2.30. The van der Waals surface area contributed by atoms with E-state index in [0.717, 1.165) is 23.1 Å². The first-order valence-corrected chi connectivity index (χ1v) is 11.7. The van der Waals surface area contributed by atoms with Crippen LogP contribution in [0.15, 0.2) is 91.0 Å². The molecule has 0 bridgehead atoms. The molecule has 0 saturated carbocycles. The number of nitrogens with zero attached hydrogens (tertiary/aromatic N) is 1. The van der Waals surface area contributed by atoms with E-state index in [2.05, 4.69) is 31.2 Å². The molecular formula is C30H28FNO. The lowest BCUT2D eigenvalue weighted by Gasteiger charge is -2.29. The minimum atomic E-state index is -0.256. The van der Waals surface area contributed by atoms with Crippen LogP contribution in [0.5, 0.6) is 0 Å². The standard InChI is InChI=1S/C30H28FNO/c1-21-9-8-14-26-28(21)30(33)32(20-23-12-6-3-7-13-23)29(26)25-17-18-27(31)24(19-25)16-15-22-10-4-2-5-11-22/h2-8,10-19,21,26,28-29H,9,20H2,1H3/b16-15+. The number of carbonyl (C=O) groups is 1. The zero-order valence-electron chi connectivity index (χ0n) is 18.8. The van der Waals surface area contributed by atoms with Gasteiger partial charge in [0.25, 0.3) is 0 Å². The van der Waals surface area contributed by atoms with Gasteiger partial charge in [-0.25, -0.2) is 4.39 Å². The van der Waals surface area contributed by atoms with E-state index in [1.807, 2.05) is 77.7 Å². The Morgan fingerprint density at radius 1 is 0.970 bits per heavy atom. The maximum Gasteiger partial charge on any atom is 0.227 e. The number of carbonyl (C=O) groups excluding carboxylic acids is 1. The van der Waals surface area contributed by atoms with Crippen LogP contribution in [0, 0.1) is 23.6 Å². The number of benzene rings is 3. The Kier molecular flexibility index (Phi) is 5.95. The van der Waals surface area contributed by atoms with Crippen LogP contribution < -0.4 is 0 Å². The van der Waals surface area contributed by atoms with E-state index in [1.165, 1.54) is 6.07 Å². The predicted molar refractivity (Wildman–Crippen MR) is 131 cm³/mol. The van der Waals surface area contributed by atoms with E-state index in [9.17, 15) is 9.18 Å². The summed E-state index contributed by atoms with van der Waals surface area (Å²) in [5, 5.41) is 0. The van der Waals surface area contributed by atoms with Gasteiger partial charge in [0, 0.05) is 23.9 Å². The molecule has 33 heavy (non-hydrogen) atoms. The van der Waals surface area contributed by atoms with Crippen molar-refractivity contribution in [1.82, 2.24) is 4.90 Å². The van der Waals surface area contributed by atoms with E-state index >= 15 is 0 Å². The number of fused-ring (bicyclic) bond motifs is 1. The van der Waals surface area contributed by atoms with E-state index in [4.69, 9.17) is 0 Å². The number of hydrogen-bond donors (Lipinski definition) is 0. The van der Waals surface area contributed by atoms with Crippen LogP contribution in [-0.4, -0.2) is 10.8 Å². The minimum absolute atomic E-state index is 0.0305. The van der Waals surface area contributed by atoms with Crippen molar-refractivity contribution >= 4 is 18.1 Å². The summed E-state index contributed by atoms with van der Waals surface area (Å²) < 4.78 is 14.7. The van der Waals surface area contributed by atoms with Crippen LogP contribution in [0.3, 0.4) is 0 Å². The van der Waals surface area contributed by atoms with Crippen LogP contribution in [0.2, 0.25) is 0 Å². The van der Waals surface area contributed by atoms with E-state index in [1.54, 1.807) is 0 Å². The largest absolute Gasteiger partial charge is 0.330 e. The molecule has 1 fully saturated rings. The van der Waals surface area contributed by atoms with Gasteiger partial charge >= 0.3 is 0 Å². The molecular weight excluding hydrogens is 409 g/mol. The molecule has 1 aliphatic carbocycles. The number of rotatable bonds is 5. The van der Waals surface area contributed by atoms with Crippen molar-refractivity contribution in [3.63, 3.8) is 0 Å². The van der Waals surface area contributed by atoms with Gasteiger partial charge in [-0.2, -0.15) is 0 Å². The maximum absolute atomic E-state index is 14.7. The van der Waals surface area contributed by atoms with Gasteiger partial charge in [-0.3, -0.25) is 4.79 Å². The van der Waals surface area contributed by atoms with Gasteiger partial charge in [-0.05, 0) is 41.2 Å². The number of amides is 1. The Hall–Kier alpha value is -3.46. The number of hydrogen-bond acceptors (Lipinski definition) is 1. The third-order valence-corrected chi connectivity index (χ3v) is 6.97. The molecule has 3 aromatic rings. The van der Waals surface area contributed by atoms with Crippen molar-refractivity contribution in [3.05, 3.63) is 119 Å². The first-order valence-electron chi connectivity index (χ1n) is 11.7. The zero-order valence-corrected chi connectivity index (χ0v) is 18.8. The Morgan fingerprint density at radius 2 is 1.70 bits per heavy atom. The van der Waals surface area contributed by atoms with Crippen LogP contribution in [0.4, 0.5) is 4.39 Å². The Bertz CT molecular complexity index is 1180. The minimum Gasteiger partial charge on any atom is -0.330 e. The Labute approximate surface area is 195 Å². The number of halogens is 1. The molecule has 5 rings (SSSR count). The van der Waals surface area contributed by atoms with Gasteiger partial charge in [0.05, 0.1) is 6.04 Å². The van der Waals surface area contributed by atoms with Crippen LogP contribution in [0.1, 0.15) is 41.6 Å². The van der Waals surface area contributed by atoms with Crippen LogP contribution in [-0.2, 0) is 11.3 Å². The van der Waals surface area contributed by atoms with Crippen molar-refractivity contribution in [1.29, 1.82) is 0 Å². The predicted octanol–water partition coefficient (Wildman–Crippen LogP) is 6.91. The van der Waals surface area contributed by atoms with E-state index in [0.29, 0.717) is 18.0 Å². The highest BCUT2D eigenvalue weighted by atomic mass is 19.1. The van der Waals surface area contributed by atoms with Crippen molar-refractivity contribution in [2.24, 2.45) is 17.8 Å². The number of likely N-dealkylation sites (tertiary alicyclic amines) is 1. The highest BCUT2D eigenvalue weighted by molar-refractivity contribution is 5.83. The summed E-state index contributed by atoms with van der Waals surface area (Å²) in [6.45, 7) is 2.73. The first-order chi connectivity index (χ1) is 16.1. The molecule has 1 aliphatic heterocycles. The fourth-order valence-electron chi connectivity index (χ4n) is 5.32. The van der Waals surface area contributed by atoms with Crippen molar-refractivity contribution in [2.45, 2.75) is 25.9 Å². The Morgan fingerprint density at radius 3 is 2.45 bits per heavy atom. The van der Waals surface area contributed by atoms with E-state index < -0.39 is 0 Å². The lowest BCUT2D eigenvalue weighted by molar-refractivity contribution is -0.134. The summed E-state index contributed by atoms with van der Waals surface area (Å²) >= 11 is 0. The molecule has 1 heterocycles. The fourth-order valence-corrected chi connectivity index (χ4v) is 5.32. The quantitative estimate of drug-likeness (QED) is 0.314. The summed E-state index contributed by atoms with van der Waals surface area (Å²) in [6, 6.07) is 25.2. The second-order valence-corrected chi connectivity index (χ2v) is 9.17. The average molecular weight is 438 g/mol. The molecule has 0 N–H and O–H groups in total. The summed E-state index contributed by atoms with van der Waals surface area (Å²) in [6.07, 6.45) is 9.09. The second kappa shape index (κ2) is 9.19. The van der Waals surface area contributed by atoms with Crippen molar-refractivity contribution in [2.75, 3.05) is 0 Å². The summed E-state index contributed by atoms with van der Waals surface area (Å²) in [5.74, 6) is 0.317. The first kappa shape index (κ1) is 21.4. The van der Waals surface area contributed by atoms with Crippen LogP contribution in [0.25, 0.3) is 12.2 Å². The molecule has 0 radical (unpaired) electrons. The summed E-state index contributed by atoms with van der Waals surface area (Å²) in [7, 11) is 0. The molecule has 0 spiro atoms. The summed E-state index contributed by atoms with van der Waals surface area (Å²) in [5.41, 5.74) is 3.66. The zero-order chi connectivity index (χ0) is 22.8. The van der Waals surface area contributed by atoms with Crippen molar-refractivity contribution in [3.8, 4) is 0 Å². The lowest BCUT2D eigenvalue weighted by atomic mass is 9.75. The molecule has 4 unspecified atom stereocenters. The third-order valence-electron chi connectivity index (χ3n) is 6.97. The average Bonchev–Trinajstić information content (AvgIpc) is 3.12. The van der Waals surface area contributed by atoms with Gasteiger partial charge < -0.3 is 4.90 Å². The van der Waals surface area contributed by atoms with Crippen LogP contribution >= 0.6 is 0 Å². The molecule has 1 saturated heterocycles. The van der Waals surface area contributed by atoms with Gasteiger partial charge in [-0.15, -0.1) is 0 Å². The molecule has 2 aliphatic rings. The van der Waals surface area contributed by atoms with Gasteiger partial charge in [0.1, 0.15) is 5.82 Å². The normalized spacial score (nSPS) is 24.4. The second-order valence-electron chi connectivity index (χ2n) is 9.17. The molecule has 2 nitrogen and oxygen atoms in total.